The maximum Gasteiger partial charge on any atom is 0.273 e. The van der Waals surface area contributed by atoms with Crippen molar-refractivity contribution in [2.45, 2.75) is 70.6 Å². The van der Waals surface area contributed by atoms with Gasteiger partial charge in [-0.15, -0.1) is 0 Å². The van der Waals surface area contributed by atoms with Crippen LogP contribution in [0.3, 0.4) is 0 Å². The number of carbonyl (C=O) groups excluding carboxylic acids is 3. The average Bonchev–Trinajstić information content (AvgIpc) is 3.46. The normalized spacial score (nSPS) is 20.6. The fourth-order valence-electron chi connectivity index (χ4n) is 4.61. The predicted molar refractivity (Wildman–Crippen MR) is 125 cm³/mol. The summed E-state index contributed by atoms with van der Waals surface area (Å²) in [5.41, 5.74) is 0.319. The summed E-state index contributed by atoms with van der Waals surface area (Å²) in [6.45, 7) is 4.74. The van der Waals surface area contributed by atoms with Gasteiger partial charge in [-0.05, 0) is 43.9 Å². The Balaban J connectivity index is 1.53. The molecule has 1 unspecified atom stereocenters. The van der Waals surface area contributed by atoms with Crippen LogP contribution in [0, 0.1) is 0 Å². The van der Waals surface area contributed by atoms with E-state index in [1.165, 1.54) is 10.7 Å². The molecule has 33 heavy (non-hydrogen) atoms. The lowest BCUT2D eigenvalue weighted by molar-refractivity contribution is -0.133. The summed E-state index contributed by atoms with van der Waals surface area (Å²) in [5.74, 6) is -0.818. The van der Waals surface area contributed by atoms with Crippen LogP contribution in [0.5, 0.6) is 0 Å². The lowest BCUT2D eigenvalue weighted by atomic mass is 9.94. The molecule has 2 aliphatic rings. The van der Waals surface area contributed by atoms with Crippen molar-refractivity contribution in [3.8, 4) is 0 Å². The molecule has 1 aromatic heterocycles. The van der Waals surface area contributed by atoms with Gasteiger partial charge in [0, 0.05) is 30.2 Å². The largest absolute Gasteiger partial charge is 0.351 e. The third-order valence-electron chi connectivity index (χ3n) is 6.52. The molecule has 4 rings (SSSR count). The highest BCUT2D eigenvalue weighted by Gasteiger charge is 2.48. The van der Waals surface area contributed by atoms with E-state index >= 15 is 0 Å². The van der Waals surface area contributed by atoms with Gasteiger partial charge in [0.25, 0.3) is 11.8 Å². The molecule has 1 aliphatic carbocycles. The van der Waals surface area contributed by atoms with E-state index in [4.69, 9.17) is 11.6 Å². The molecule has 3 amide bonds. The molecule has 0 spiro atoms. The van der Waals surface area contributed by atoms with Crippen molar-refractivity contribution in [1.29, 1.82) is 0 Å². The molecule has 0 radical (unpaired) electrons. The van der Waals surface area contributed by atoms with Crippen LogP contribution in [0.15, 0.2) is 30.3 Å². The Hall–Kier alpha value is -2.87. The minimum absolute atomic E-state index is 0.154. The molecule has 0 bridgehead atoms. The second-order valence-electron chi connectivity index (χ2n) is 9.07. The smallest absolute Gasteiger partial charge is 0.273 e. The summed E-state index contributed by atoms with van der Waals surface area (Å²) in [5, 5.41) is 11.0. The number of carbonyl (C=O) groups is 3. The standard InChI is InChI=1S/C24H30ClN5O3/c1-3-12-29-22(32)20-13-19(21(31)26-14-16-8-10-17(25)11-9-16)28-30(20)15-24(29,2)23(33)27-18-6-4-5-7-18/h8-11,13,18H,3-7,12,14-15H2,1-2H3,(H,26,31)(H,27,33). The summed E-state index contributed by atoms with van der Waals surface area (Å²) < 4.78 is 1.50. The van der Waals surface area contributed by atoms with Crippen LogP contribution in [-0.4, -0.2) is 50.5 Å². The average molecular weight is 472 g/mol. The molecule has 2 aromatic rings. The minimum Gasteiger partial charge on any atom is -0.351 e. The number of aromatic nitrogens is 2. The van der Waals surface area contributed by atoms with E-state index in [0.717, 1.165) is 37.7 Å². The van der Waals surface area contributed by atoms with Gasteiger partial charge in [-0.2, -0.15) is 5.10 Å². The van der Waals surface area contributed by atoms with Crippen LogP contribution >= 0.6 is 11.6 Å². The van der Waals surface area contributed by atoms with Gasteiger partial charge in [-0.25, -0.2) is 0 Å². The molecule has 1 fully saturated rings. The van der Waals surface area contributed by atoms with Gasteiger partial charge in [0.1, 0.15) is 11.2 Å². The van der Waals surface area contributed by atoms with Crippen molar-refractivity contribution in [3.63, 3.8) is 0 Å². The van der Waals surface area contributed by atoms with Gasteiger partial charge < -0.3 is 15.5 Å². The quantitative estimate of drug-likeness (QED) is 0.648. The number of nitrogens with one attached hydrogen (secondary N) is 2. The molecule has 1 atom stereocenters. The first kappa shape index (κ1) is 23.3. The Labute approximate surface area is 198 Å². The van der Waals surface area contributed by atoms with E-state index in [0.29, 0.717) is 23.8 Å². The first-order valence-electron chi connectivity index (χ1n) is 11.5. The number of halogens is 1. The molecule has 9 heteroatoms. The Bertz CT molecular complexity index is 1040. The summed E-state index contributed by atoms with van der Waals surface area (Å²) >= 11 is 5.90. The fraction of sp³-hybridized carbons (Fsp3) is 0.500. The first-order valence-corrected chi connectivity index (χ1v) is 11.9. The van der Waals surface area contributed by atoms with E-state index in [9.17, 15) is 14.4 Å². The summed E-state index contributed by atoms with van der Waals surface area (Å²) in [6, 6.07) is 8.86. The number of hydrogen-bond acceptors (Lipinski definition) is 4. The number of benzene rings is 1. The SMILES string of the molecule is CCCN1C(=O)c2cc(C(=O)NCc3ccc(Cl)cc3)nn2CC1(C)C(=O)NC1CCCC1. The molecule has 1 aliphatic heterocycles. The van der Waals surface area contributed by atoms with Gasteiger partial charge in [0.15, 0.2) is 5.69 Å². The molecular weight excluding hydrogens is 442 g/mol. The molecule has 1 saturated carbocycles. The first-order chi connectivity index (χ1) is 15.8. The van der Waals surface area contributed by atoms with Crippen molar-refractivity contribution in [2.24, 2.45) is 0 Å². The van der Waals surface area contributed by atoms with E-state index in [1.54, 1.807) is 24.0 Å². The predicted octanol–water partition coefficient (Wildman–Crippen LogP) is 3.15. The van der Waals surface area contributed by atoms with Crippen molar-refractivity contribution in [1.82, 2.24) is 25.3 Å². The number of amides is 3. The summed E-state index contributed by atoms with van der Waals surface area (Å²) in [7, 11) is 0. The summed E-state index contributed by atoms with van der Waals surface area (Å²) in [4.78, 5) is 41.0. The highest BCUT2D eigenvalue weighted by Crippen LogP contribution is 2.29. The Morgan fingerprint density at radius 3 is 2.58 bits per heavy atom. The zero-order valence-corrected chi connectivity index (χ0v) is 19.8. The molecule has 2 heterocycles. The van der Waals surface area contributed by atoms with Crippen LogP contribution < -0.4 is 10.6 Å². The van der Waals surface area contributed by atoms with Crippen LogP contribution in [-0.2, 0) is 17.9 Å². The lowest BCUT2D eigenvalue weighted by Crippen LogP contribution is -2.65. The van der Waals surface area contributed by atoms with E-state index in [-0.39, 0.29) is 36.0 Å². The van der Waals surface area contributed by atoms with Crippen molar-refractivity contribution >= 4 is 29.3 Å². The van der Waals surface area contributed by atoms with Gasteiger partial charge >= 0.3 is 0 Å². The number of hydrogen-bond donors (Lipinski definition) is 2. The highest BCUT2D eigenvalue weighted by atomic mass is 35.5. The molecule has 8 nitrogen and oxygen atoms in total. The van der Waals surface area contributed by atoms with Crippen molar-refractivity contribution < 1.29 is 14.4 Å². The monoisotopic (exact) mass is 471 g/mol. The van der Waals surface area contributed by atoms with Crippen LogP contribution in [0.4, 0.5) is 0 Å². The number of rotatable bonds is 7. The van der Waals surface area contributed by atoms with E-state index in [1.807, 2.05) is 19.1 Å². The second kappa shape index (κ2) is 9.55. The fourth-order valence-corrected chi connectivity index (χ4v) is 4.74. The zero-order valence-electron chi connectivity index (χ0n) is 19.1. The van der Waals surface area contributed by atoms with Gasteiger partial charge in [0.05, 0.1) is 6.54 Å². The Morgan fingerprint density at radius 2 is 1.91 bits per heavy atom. The second-order valence-corrected chi connectivity index (χ2v) is 9.50. The van der Waals surface area contributed by atoms with Gasteiger partial charge in [-0.3, -0.25) is 19.1 Å². The van der Waals surface area contributed by atoms with Crippen molar-refractivity contribution in [3.05, 3.63) is 52.3 Å². The molecule has 176 valence electrons. The maximum absolute atomic E-state index is 13.4. The van der Waals surface area contributed by atoms with Gasteiger partial charge in [0.2, 0.25) is 5.91 Å². The Morgan fingerprint density at radius 1 is 1.21 bits per heavy atom. The third-order valence-corrected chi connectivity index (χ3v) is 6.78. The highest BCUT2D eigenvalue weighted by molar-refractivity contribution is 6.30. The Kier molecular flexibility index (Phi) is 6.74. The topological polar surface area (TPSA) is 96.3 Å². The van der Waals surface area contributed by atoms with Crippen molar-refractivity contribution in [2.75, 3.05) is 6.54 Å². The van der Waals surface area contributed by atoms with Gasteiger partial charge in [-0.1, -0.05) is 43.5 Å². The maximum atomic E-state index is 13.4. The minimum atomic E-state index is -1.06. The molecule has 2 N–H and O–H groups in total. The van der Waals surface area contributed by atoms with E-state index in [2.05, 4.69) is 15.7 Å². The van der Waals surface area contributed by atoms with Crippen LogP contribution in [0.25, 0.3) is 0 Å². The third kappa shape index (κ3) is 4.76. The molecule has 0 saturated heterocycles. The lowest BCUT2D eigenvalue weighted by Gasteiger charge is -2.43. The zero-order chi connectivity index (χ0) is 23.6. The summed E-state index contributed by atoms with van der Waals surface area (Å²) in [6.07, 6.45) is 4.87. The van der Waals surface area contributed by atoms with Crippen LogP contribution in [0.1, 0.15) is 72.5 Å². The van der Waals surface area contributed by atoms with E-state index < -0.39 is 5.54 Å². The number of fused-ring (bicyclic) bond motifs is 1. The molecule has 1 aromatic carbocycles. The number of nitrogens with zero attached hydrogens (tertiary/aromatic N) is 3. The molecular formula is C24H30ClN5O3. The van der Waals surface area contributed by atoms with Crippen LogP contribution in [0.2, 0.25) is 5.02 Å².